The number of amides is 1. The molecule has 3 aromatic carbocycles. The van der Waals surface area contributed by atoms with Gasteiger partial charge in [-0.05, 0) is 34.9 Å². The van der Waals surface area contributed by atoms with E-state index >= 15 is 0 Å². The van der Waals surface area contributed by atoms with E-state index in [2.05, 4.69) is 17.4 Å². The first-order valence-corrected chi connectivity index (χ1v) is 9.24. The van der Waals surface area contributed by atoms with E-state index in [4.69, 9.17) is 16.3 Å². The summed E-state index contributed by atoms with van der Waals surface area (Å²) >= 11 is 6.17. The van der Waals surface area contributed by atoms with E-state index in [1.807, 2.05) is 66.7 Å². The van der Waals surface area contributed by atoms with Crippen LogP contribution in [0.4, 0.5) is 0 Å². The van der Waals surface area contributed by atoms with Crippen LogP contribution in [0.25, 0.3) is 0 Å². The van der Waals surface area contributed by atoms with Crippen molar-refractivity contribution in [3.63, 3.8) is 0 Å². The van der Waals surface area contributed by atoms with Crippen molar-refractivity contribution >= 4 is 17.5 Å². The summed E-state index contributed by atoms with van der Waals surface area (Å²) < 4.78 is 5.24. The Kier molecular flexibility index (Phi) is 6.50. The van der Waals surface area contributed by atoms with E-state index in [0.717, 1.165) is 22.4 Å². The molecule has 0 saturated carbocycles. The molecule has 0 aliphatic heterocycles. The maximum absolute atomic E-state index is 12.6. The molecule has 0 aromatic heterocycles. The maximum Gasteiger partial charge on any atom is 0.221 e. The van der Waals surface area contributed by atoms with Crippen molar-refractivity contribution in [2.75, 3.05) is 7.11 Å². The Labute approximate surface area is 164 Å². The lowest BCUT2D eigenvalue weighted by Crippen LogP contribution is -2.25. The summed E-state index contributed by atoms with van der Waals surface area (Å²) in [7, 11) is 1.64. The highest BCUT2D eigenvalue weighted by Gasteiger charge is 2.18. The van der Waals surface area contributed by atoms with Gasteiger partial charge in [0.2, 0.25) is 5.91 Å². The Morgan fingerprint density at radius 3 is 2.22 bits per heavy atom. The SMILES string of the molecule is COc1ccc([C@H](CC(=O)NCc2ccccc2Cl)c2ccccc2)cc1. The van der Waals surface area contributed by atoms with Crippen LogP contribution in [0, 0.1) is 0 Å². The minimum absolute atomic E-state index is 0.0143. The van der Waals surface area contributed by atoms with Crippen molar-refractivity contribution in [1.29, 1.82) is 0 Å². The van der Waals surface area contributed by atoms with Gasteiger partial charge in [-0.2, -0.15) is 0 Å². The van der Waals surface area contributed by atoms with E-state index < -0.39 is 0 Å². The molecule has 0 aliphatic rings. The maximum atomic E-state index is 12.6. The summed E-state index contributed by atoms with van der Waals surface area (Å²) in [6.45, 7) is 0.419. The standard InChI is InChI=1S/C23H22ClNO2/c1-27-20-13-11-18(12-14-20)21(17-7-3-2-4-8-17)15-23(26)25-16-19-9-5-6-10-22(19)24/h2-14,21H,15-16H2,1H3,(H,25,26)/t21-/m1/s1. The Morgan fingerprint density at radius 2 is 1.56 bits per heavy atom. The fourth-order valence-corrected chi connectivity index (χ4v) is 3.25. The number of halogens is 1. The van der Waals surface area contributed by atoms with Crippen LogP contribution in [0.5, 0.6) is 5.75 Å². The number of hydrogen-bond donors (Lipinski definition) is 1. The Balaban J connectivity index is 1.74. The third-order valence-electron chi connectivity index (χ3n) is 4.54. The fraction of sp³-hybridized carbons (Fsp3) is 0.174. The number of ether oxygens (including phenoxy) is 1. The van der Waals surface area contributed by atoms with Crippen molar-refractivity contribution < 1.29 is 9.53 Å². The highest BCUT2D eigenvalue weighted by Crippen LogP contribution is 2.29. The zero-order valence-electron chi connectivity index (χ0n) is 15.2. The second kappa shape index (κ2) is 9.24. The third-order valence-corrected chi connectivity index (χ3v) is 4.91. The second-order valence-electron chi connectivity index (χ2n) is 6.31. The molecule has 3 aromatic rings. The number of carbonyl (C=O) groups is 1. The molecule has 0 saturated heterocycles. The highest BCUT2D eigenvalue weighted by molar-refractivity contribution is 6.31. The molecule has 0 radical (unpaired) electrons. The topological polar surface area (TPSA) is 38.3 Å². The first-order chi connectivity index (χ1) is 13.2. The quantitative estimate of drug-likeness (QED) is 0.613. The molecule has 0 fully saturated rings. The molecule has 27 heavy (non-hydrogen) atoms. The van der Waals surface area contributed by atoms with Crippen LogP contribution in [-0.2, 0) is 11.3 Å². The molecule has 138 valence electrons. The molecular formula is C23H22ClNO2. The largest absolute Gasteiger partial charge is 0.497 e. The average molecular weight is 380 g/mol. The van der Waals surface area contributed by atoms with Crippen molar-refractivity contribution in [3.8, 4) is 5.75 Å². The van der Waals surface area contributed by atoms with Crippen LogP contribution in [-0.4, -0.2) is 13.0 Å². The van der Waals surface area contributed by atoms with Crippen LogP contribution in [0.2, 0.25) is 5.02 Å². The molecule has 0 bridgehead atoms. The molecule has 3 nitrogen and oxygen atoms in total. The zero-order valence-corrected chi connectivity index (χ0v) is 15.9. The van der Waals surface area contributed by atoms with E-state index in [1.54, 1.807) is 7.11 Å². The first-order valence-electron chi connectivity index (χ1n) is 8.86. The van der Waals surface area contributed by atoms with Crippen molar-refractivity contribution in [2.24, 2.45) is 0 Å². The van der Waals surface area contributed by atoms with Gasteiger partial charge in [0, 0.05) is 23.9 Å². The average Bonchev–Trinajstić information content (AvgIpc) is 2.72. The zero-order chi connectivity index (χ0) is 19.1. The lowest BCUT2D eigenvalue weighted by atomic mass is 9.88. The Hall–Kier alpha value is -2.78. The normalized spacial score (nSPS) is 11.6. The van der Waals surface area contributed by atoms with Gasteiger partial charge in [0.1, 0.15) is 5.75 Å². The van der Waals surface area contributed by atoms with Gasteiger partial charge >= 0.3 is 0 Å². The molecule has 0 unspecified atom stereocenters. The fourth-order valence-electron chi connectivity index (χ4n) is 3.04. The number of hydrogen-bond acceptors (Lipinski definition) is 2. The number of rotatable bonds is 7. The summed E-state index contributed by atoms with van der Waals surface area (Å²) in [6, 6.07) is 25.5. The van der Waals surface area contributed by atoms with Crippen LogP contribution in [0.1, 0.15) is 29.0 Å². The summed E-state index contributed by atoms with van der Waals surface area (Å²) in [5.74, 6) is 0.761. The molecule has 1 N–H and O–H groups in total. The predicted octanol–water partition coefficient (Wildman–Crippen LogP) is 5.19. The smallest absolute Gasteiger partial charge is 0.221 e. The highest BCUT2D eigenvalue weighted by atomic mass is 35.5. The number of nitrogens with one attached hydrogen (secondary N) is 1. The third kappa shape index (κ3) is 5.11. The Morgan fingerprint density at radius 1 is 0.926 bits per heavy atom. The molecule has 0 spiro atoms. The van der Waals surface area contributed by atoms with E-state index in [1.165, 1.54) is 0 Å². The number of carbonyl (C=O) groups excluding carboxylic acids is 1. The molecule has 4 heteroatoms. The van der Waals surface area contributed by atoms with Crippen LogP contribution < -0.4 is 10.1 Å². The lowest BCUT2D eigenvalue weighted by Gasteiger charge is -2.18. The summed E-state index contributed by atoms with van der Waals surface area (Å²) in [6.07, 6.45) is 0.362. The van der Waals surface area contributed by atoms with Crippen molar-refractivity contribution in [3.05, 3.63) is 101 Å². The first kappa shape index (κ1) is 19.0. The Bertz CT molecular complexity index is 878. The number of methoxy groups -OCH3 is 1. The molecule has 0 heterocycles. The minimum Gasteiger partial charge on any atom is -0.497 e. The van der Waals surface area contributed by atoms with E-state index in [0.29, 0.717) is 18.0 Å². The molecule has 1 atom stereocenters. The number of benzene rings is 3. The molecular weight excluding hydrogens is 358 g/mol. The van der Waals surface area contributed by atoms with Gasteiger partial charge in [0.25, 0.3) is 0 Å². The van der Waals surface area contributed by atoms with Crippen molar-refractivity contribution in [2.45, 2.75) is 18.9 Å². The molecule has 3 rings (SSSR count). The summed E-state index contributed by atoms with van der Waals surface area (Å²) in [5.41, 5.74) is 3.10. The monoisotopic (exact) mass is 379 g/mol. The van der Waals surface area contributed by atoms with Gasteiger partial charge in [-0.3, -0.25) is 4.79 Å². The van der Waals surface area contributed by atoms with Crippen LogP contribution in [0.3, 0.4) is 0 Å². The predicted molar refractivity (Wildman–Crippen MR) is 109 cm³/mol. The lowest BCUT2D eigenvalue weighted by molar-refractivity contribution is -0.121. The second-order valence-corrected chi connectivity index (χ2v) is 6.72. The summed E-state index contributed by atoms with van der Waals surface area (Å²) in [5, 5.41) is 3.64. The van der Waals surface area contributed by atoms with Gasteiger partial charge in [0.15, 0.2) is 0 Å². The van der Waals surface area contributed by atoms with Gasteiger partial charge in [-0.25, -0.2) is 0 Å². The van der Waals surface area contributed by atoms with Gasteiger partial charge in [0.05, 0.1) is 7.11 Å². The van der Waals surface area contributed by atoms with E-state index in [9.17, 15) is 4.79 Å². The molecule has 0 aliphatic carbocycles. The van der Waals surface area contributed by atoms with Crippen molar-refractivity contribution in [1.82, 2.24) is 5.32 Å². The molecule has 1 amide bonds. The van der Waals surface area contributed by atoms with E-state index in [-0.39, 0.29) is 11.8 Å². The van der Waals surface area contributed by atoms with Gasteiger partial charge in [-0.15, -0.1) is 0 Å². The summed E-state index contributed by atoms with van der Waals surface area (Å²) in [4.78, 5) is 12.6. The van der Waals surface area contributed by atoms with Crippen LogP contribution >= 0.6 is 11.6 Å². The van der Waals surface area contributed by atoms with Crippen LogP contribution in [0.15, 0.2) is 78.9 Å². The van der Waals surface area contributed by atoms with Gasteiger partial charge in [-0.1, -0.05) is 72.3 Å². The minimum atomic E-state index is -0.0247. The van der Waals surface area contributed by atoms with Gasteiger partial charge < -0.3 is 10.1 Å².